The summed E-state index contributed by atoms with van der Waals surface area (Å²) in [6, 6.07) is 1.86. The third-order valence-electron chi connectivity index (χ3n) is 1.62. The van der Waals surface area contributed by atoms with Crippen molar-refractivity contribution in [3.63, 3.8) is 0 Å². The quantitative estimate of drug-likeness (QED) is 0.409. The number of aromatic nitrogens is 1. The highest BCUT2D eigenvalue weighted by Gasteiger charge is 2.15. The zero-order chi connectivity index (χ0) is 6.97. The van der Waals surface area contributed by atoms with Crippen molar-refractivity contribution in [3.05, 3.63) is 24.0 Å². The average molecular weight is 138 g/mol. The van der Waals surface area contributed by atoms with Gasteiger partial charge in [-0.15, -0.1) is 0 Å². The fourth-order valence-corrected chi connectivity index (χ4v) is 1.10. The van der Waals surface area contributed by atoms with E-state index in [0.717, 1.165) is 23.5 Å². The molecule has 2 heterocycles. The highest BCUT2D eigenvalue weighted by molar-refractivity contribution is 5.30. The van der Waals surface area contributed by atoms with Crippen molar-refractivity contribution in [2.75, 3.05) is 6.61 Å². The van der Waals surface area contributed by atoms with Crippen molar-refractivity contribution >= 4 is 0 Å². The molecule has 0 radical (unpaired) electrons. The molecule has 2 rings (SSSR count). The van der Waals surface area contributed by atoms with E-state index in [4.69, 9.17) is 9.94 Å². The van der Waals surface area contributed by atoms with Crippen LogP contribution in [0, 0.1) is 0 Å². The van der Waals surface area contributed by atoms with Crippen LogP contribution in [0.5, 0.6) is 5.75 Å². The van der Waals surface area contributed by atoms with Gasteiger partial charge >= 0.3 is 0 Å². The Labute approximate surface area is 58.4 Å². The fourth-order valence-electron chi connectivity index (χ4n) is 1.10. The molecule has 0 aromatic carbocycles. The Kier molecular flexibility index (Phi) is 1.03. The van der Waals surface area contributed by atoms with E-state index >= 15 is 0 Å². The van der Waals surface area contributed by atoms with E-state index in [1.807, 2.05) is 6.07 Å². The number of fused-ring (bicyclic) bond motifs is 1. The normalized spacial score (nSPS) is 14.4. The van der Waals surface area contributed by atoms with Crippen LogP contribution in [0.1, 0.15) is 5.56 Å². The lowest BCUT2D eigenvalue weighted by Gasteiger charge is -1.91. The molecule has 3 heteroatoms. The maximum absolute atomic E-state index is 8.93. The average Bonchev–Trinajstić information content (AvgIpc) is 2.33. The maximum atomic E-state index is 8.93. The topological polar surface area (TPSA) is 33.3 Å². The summed E-state index contributed by atoms with van der Waals surface area (Å²) in [6.45, 7) is 0.735. The van der Waals surface area contributed by atoms with Gasteiger partial charge in [-0.3, -0.25) is 5.21 Å². The molecule has 1 aromatic rings. The molecule has 0 amide bonds. The van der Waals surface area contributed by atoms with Crippen LogP contribution in [0.4, 0.5) is 0 Å². The molecule has 0 bridgehead atoms. The van der Waals surface area contributed by atoms with Gasteiger partial charge < -0.3 is 4.74 Å². The number of hydrogen-bond acceptors (Lipinski definition) is 2. The summed E-state index contributed by atoms with van der Waals surface area (Å²) in [5, 5.41) is 8.93. The van der Waals surface area contributed by atoms with Crippen LogP contribution in [0.3, 0.4) is 0 Å². The number of pyridine rings is 1. The molecule has 0 unspecified atom stereocenters. The summed E-state index contributed by atoms with van der Waals surface area (Å²) < 4.78 is 6.20. The minimum absolute atomic E-state index is 0.735. The molecule has 10 heavy (non-hydrogen) atoms. The predicted octanol–water partition coefficient (Wildman–Crippen LogP) is 0.146. The van der Waals surface area contributed by atoms with Gasteiger partial charge in [0.1, 0.15) is 0 Å². The van der Waals surface area contributed by atoms with E-state index in [0.29, 0.717) is 0 Å². The van der Waals surface area contributed by atoms with Crippen LogP contribution in [0.15, 0.2) is 18.5 Å². The van der Waals surface area contributed by atoms with E-state index in [2.05, 4.69) is 0 Å². The van der Waals surface area contributed by atoms with Crippen molar-refractivity contribution in [1.29, 1.82) is 0 Å². The monoisotopic (exact) mass is 138 g/mol. The summed E-state index contributed by atoms with van der Waals surface area (Å²) >= 11 is 0. The molecule has 1 aromatic heterocycles. The van der Waals surface area contributed by atoms with Gasteiger partial charge in [0.2, 0.25) is 6.20 Å². The maximum Gasteiger partial charge on any atom is 0.264 e. The van der Waals surface area contributed by atoms with E-state index < -0.39 is 0 Å². The third-order valence-corrected chi connectivity index (χ3v) is 1.62. The molecule has 0 atom stereocenters. The van der Waals surface area contributed by atoms with Crippen molar-refractivity contribution in [2.45, 2.75) is 6.42 Å². The third kappa shape index (κ3) is 0.708. The SMILES string of the molecule is O[n+]1ccc2c(c1)OCC2. The molecule has 1 N–H and O–H groups in total. The van der Waals surface area contributed by atoms with Gasteiger partial charge in [0.15, 0.2) is 5.75 Å². The van der Waals surface area contributed by atoms with Crippen LogP contribution < -0.4 is 9.47 Å². The lowest BCUT2D eigenvalue weighted by Crippen LogP contribution is -2.28. The van der Waals surface area contributed by atoms with Gasteiger partial charge in [-0.1, -0.05) is 0 Å². The molecule has 0 saturated carbocycles. The molecular formula is C7H8NO2+. The van der Waals surface area contributed by atoms with Gasteiger partial charge in [0.25, 0.3) is 6.20 Å². The fraction of sp³-hybridized carbons (Fsp3) is 0.286. The van der Waals surface area contributed by atoms with Gasteiger partial charge in [-0.05, 0) is 0 Å². The Hall–Kier alpha value is -1.25. The van der Waals surface area contributed by atoms with E-state index in [1.165, 1.54) is 5.56 Å². The summed E-state index contributed by atoms with van der Waals surface area (Å²) in [6.07, 6.45) is 4.13. The van der Waals surface area contributed by atoms with Gasteiger partial charge in [0.05, 0.1) is 6.61 Å². The molecule has 3 nitrogen and oxygen atoms in total. The first kappa shape index (κ1) is 5.53. The van der Waals surface area contributed by atoms with Crippen LogP contribution in [-0.4, -0.2) is 11.8 Å². The Morgan fingerprint density at radius 1 is 1.60 bits per heavy atom. The zero-order valence-corrected chi connectivity index (χ0v) is 5.45. The van der Waals surface area contributed by atoms with Crippen molar-refractivity contribution in [2.24, 2.45) is 0 Å². The smallest absolute Gasteiger partial charge is 0.264 e. The molecule has 0 spiro atoms. The van der Waals surface area contributed by atoms with Crippen LogP contribution in [0.2, 0.25) is 0 Å². The minimum Gasteiger partial charge on any atom is -0.487 e. The first-order valence-corrected chi connectivity index (χ1v) is 3.22. The second-order valence-electron chi connectivity index (χ2n) is 2.31. The number of hydrogen-bond donors (Lipinski definition) is 1. The molecule has 52 valence electrons. The Bertz CT molecular complexity index is 260. The first-order chi connectivity index (χ1) is 4.86. The van der Waals surface area contributed by atoms with E-state index in [-0.39, 0.29) is 0 Å². The predicted molar refractivity (Wildman–Crippen MR) is 33.0 cm³/mol. The highest BCUT2D eigenvalue weighted by atomic mass is 16.5. The van der Waals surface area contributed by atoms with E-state index in [1.54, 1.807) is 12.4 Å². The van der Waals surface area contributed by atoms with Crippen LogP contribution >= 0.6 is 0 Å². The standard InChI is InChI=1S/C7H8NO2/c9-8-3-1-6-2-4-10-7(6)5-8/h1,3,5,9H,2,4H2/q+1. The Morgan fingerprint density at radius 2 is 2.50 bits per heavy atom. The lowest BCUT2D eigenvalue weighted by molar-refractivity contribution is -0.904. The van der Waals surface area contributed by atoms with Crippen molar-refractivity contribution in [3.8, 4) is 5.75 Å². The minimum atomic E-state index is 0.735. The molecule has 0 fully saturated rings. The molecule has 0 aliphatic carbocycles. The second-order valence-corrected chi connectivity index (χ2v) is 2.31. The number of ether oxygens (including phenoxy) is 1. The van der Waals surface area contributed by atoms with Gasteiger partial charge in [-0.25, -0.2) is 0 Å². The second kappa shape index (κ2) is 1.87. The largest absolute Gasteiger partial charge is 0.487 e. The molecule has 1 aliphatic heterocycles. The molecule has 0 saturated heterocycles. The lowest BCUT2D eigenvalue weighted by atomic mass is 10.2. The van der Waals surface area contributed by atoms with Gasteiger partial charge in [-0.2, -0.15) is 0 Å². The zero-order valence-electron chi connectivity index (χ0n) is 5.45. The summed E-state index contributed by atoms with van der Waals surface area (Å²) in [4.78, 5) is 0. The summed E-state index contributed by atoms with van der Waals surface area (Å²) in [7, 11) is 0. The van der Waals surface area contributed by atoms with Crippen LogP contribution in [0.25, 0.3) is 0 Å². The van der Waals surface area contributed by atoms with Crippen LogP contribution in [-0.2, 0) is 6.42 Å². The Balaban J connectivity index is 2.52. The van der Waals surface area contributed by atoms with Crippen molar-refractivity contribution < 1.29 is 14.7 Å². The number of rotatable bonds is 0. The summed E-state index contributed by atoms with van der Waals surface area (Å²) in [5.41, 5.74) is 1.17. The number of nitrogens with zero attached hydrogens (tertiary/aromatic N) is 1. The Morgan fingerprint density at radius 3 is 3.40 bits per heavy atom. The molecular weight excluding hydrogens is 130 g/mol. The molecule has 1 aliphatic rings. The van der Waals surface area contributed by atoms with Crippen molar-refractivity contribution in [1.82, 2.24) is 0 Å². The summed E-state index contributed by atoms with van der Waals surface area (Å²) in [5.74, 6) is 0.796. The highest BCUT2D eigenvalue weighted by Crippen LogP contribution is 2.21. The van der Waals surface area contributed by atoms with E-state index in [9.17, 15) is 0 Å². The first-order valence-electron chi connectivity index (χ1n) is 3.22. The van der Waals surface area contributed by atoms with Gasteiger partial charge in [0, 0.05) is 22.8 Å².